The standard InChI is InChI=1S/C13H16ClN3O/c1-9-12(8-16(2)3)17(18)13(15-9)10-5-4-6-11(14)7-10/h4-7,18H,8H2,1-3H3. The van der Waals surface area contributed by atoms with Crippen LogP contribution in [0.15, 0.2) is 24.3 Å². The molecule has 0 saturated heterocycles. The number of halogens is 1. The van der Waals surface area contributed by atoms with Crippen LogP contribution < -0.4 is 0 Å². The van der Waals surface area contributed by atoms with Crippen LogP contribution in [0.2, 0.25) is 5.02 Å². The average Bonchev–Trinajstić information content (AvgIpc) is 2.56. The zero-order chi connectivity index (χ0) is 13.3. The van der Waals surface area contributed by atoms with E-state index in [2.05, 4.69) is 4.98 Å². The second-order valence-electron chi connectivity index (χ2n) is 4.53. The third-order valence-corrected chi connectivity index (χ3v) is 2.93. The first-order chi connectivity index (χ1) is 8.49. The molecule has 1 aromatic carbocycles. The highest BCUT2D eigenvalue weighted by Gasteiger charge is 2.15. The highest BCUT2D eigenvalue weighted by atomic mass is 35.5. The quantitative estimate of drug-likeness (QED) is 0.868. The first kappa shape index (κ1) is 12.9. The zero-order valence-corrected chi connectivity index (χ0v) is 11.4. The summed E-state index contributed by atoms with van der Waals surface area (Å²) in [6, 6.07) is 7.30. The number of rotatable bonds is 3. The number of imidazole rings is 1. The van der Waals surface area contributed by atoms with E-state index < -0.39 is 0 Å². The smallest absolute Gasteiger partial charge is 0.175 e. The van der Waals surface area contributed by atoms with E-state index >= 15 is 0 Å². The molecule has 0 spiro atoms. The van der Waals surface area contributed by atoms with Crippen molar-refractivity contribution in [2.75, 3.05) is 14.1 Å². The van der Waals surface area contributed by atoms with Gasteiger partial charge in [0.25, 0.3) is 0 Å². The number of aryl methyl sites for hydroxylation is 1. The Bertz CT molecular complexity index is 563. The third kappa shape index (κ3) is 2.49. The molecule has 0 aliphatic carbocycles. The minimum Gasteiger partial charge on any atom is -0.427 e. The summed E-state index contributed by atoms with van der Waals surface area (Å²) in [7, 11) is 3.90. The Hall–Kier alpha value is -1.52. The van der Waals surface area contributed by atoms with Gasteiger partial charge in [-0.2, -0.15) is 4.73 Å². The van der Waals surface area contributed by atoms with Crippen molar-refractivity contribution in [2.24, 2.45) is 0 Å². The van der Waals surface area contributed by atoms with Gasteiger partial charge in [0.1, 0.15) is 0 Å². The van der Waals surface area contributed by atoms with Crippen molar-refractivity contribution in [1.82, 2.24) is 14.6 Å². The van der Waals surface area contributed by atoms with Crippen molar-refractivity contribution < 1.29 is 5.21 Å². The van der Waals surface area contributed by atoms with E-state index in [4.69, 9.17) is 11.6 Å². The van der Waals surface area contributed by atoms with Crippen LogP contribution in [-0.2, 0) is 6.54 Å². The fraction of sp³-hybridized carbons (Fsp3) is 0.308. The van der Waals surface area contributed by atoms with Crippen LogP contribution in [0.1, 0.15) is 11.4 Å². The molecule has 0 amide bonds. The normalized spacial score (nSPS) is 11.2. The molecule has 0 bridgehead atoms. The first-order valence-electron chi connectivity index (χ1n) is 5.67. The summed E-state index contributed by atoms with van der Waals surface area (Å²) in [5, 5.41) is 10.8. The molecule has 0 unspecified atom stereocenters. The number of hydrogen-bond donors (Lipinski definition) is 1. The fourth-order valence-electron chi connectivity index (χ4n) is 1.85. The van der Waals surface area contributed by atoms with Crippen LogP contribution >= 0.6 is 11.6 Å². The Morgan fingerprint density at radius 2 is 2.11 bits per heavy atom. The Morgan fingerprint density at radius 1 is 1.39 bits per heavy atom. The molecule has 0 saturated carbocycles. The van der Waals surface area contributed by atoms with Crippen LogP contribution in [0.5, 0.6) is 0 Å². The van der Waals surface area contributed by atoms with E-state index in [1.165, 1.54) is 0 Å². The molecule has 5 heteroatoms. The molecule has 0 aliphatic rings. The van der Waals surface area contributed by atoms with Crippen molar-refractivity contribution in [3.63, 3.8) is 0 Å². The van der Waals surface area contributed by atoms with Gasteiger partial charge >= 0.3 is 0 Å². The maximum absolute atomic E-state index is 10.2. The molecule has 2 rings (SSSR count). The topological polar surface area (TPSA) is 41.3 Å². The van der Waals surface area contributed by atoms with Gasteiger partial charge in [-0.1, -0.05) is 23.7 Å². The number of nitrogens with zero attached hydrogens (tertiary/aromatic N) is 3. The molecule has 2 aromatic rings. The fourth-order valence-corrected chi connectivity index (χ4v) is 2.04. The molecule has 96 valence electrons. The minimum atomic E-state index is 0.520. The van der Waals surface area contributed by atoms with Crippen LogP contribution in [-0.4, -0.2) is 33.9 Å². The maximum atomic E-state index is 10.2. The molecule has 0 atom stereocenters. The Labute approximate surface area is 111 Å². The second kappa shape index (κ2) is 5.00. The van der Waals surface area contributed by atoms with E-state index in [-0.39, 0.29) is 0 Å². The summed E-state index contributed by atoms with van der Waals surface area (Å²) in [5.41, 5.74) is 2.41. The zero-order valence-electron chi connectivity index (χ0n) is 10.7. The van der Waals surface area contributed by atoms with E-state index in [0.717, 1.165) is 21.7 Å². The summed E-state index contributed by atoms with van der Waals surface area (Å²) in [6.07, 6.45) is 0. The third-order valence-electron chi connectivity index (χ3n) is 2.70. The lowest BCUT2D eigenvalue weighted by Crippen LogP contribution is -2.14. The Balaban J connectivity index is 2.47. The summed E-state index contributed by atoms with van der Waals surface area (Å²) >= 11 is 5.95. The van der Waals surface area contributed by atoms with Gasteiger partial charge in [-0.05, 0) is 33.2 Å². The molecule has 0 aliphatic heterocycles. The van der Waals surface area contributed by atoms with Gasteiger partial charge in [0, 0.05) is 17.1 Å². The van der Waals surface area contributed by atoms with Gasteiger partial charge in [0.05, 0.1) is 11.4 Å². The van der Waals surface area contributed by atoms with Crippen LogP contribution in [0.25, 0.3) is 11.4 Å². The van der Waals surface area contributed by atoms with Crippen molar-refractivity contribution in [3.8, 4) is 11.4 Å². The molecule has 1 heterocycles. The number of benzene rings is 1. The van der Waals surface area contributed by atoms with Gasteiger partial charge < -0.3 is 10.1 Å². The van der Waals surface area contributed by atoms with E-state index in [1.807, 2.05) is 38.1 Å². The lowest BCUT2D eigenvalue weighted by atomic mass is 10.2. The predicted molar refractivity (Wildman–Crippen MR) is 72.0 cm³/mol. The van der Waals surface area contributed by atoms with Gasteiger partial charge in [0.15, 0.2) is 5.82 Å². The summed E-state index contributed by atoms with van der Waals surface area (Å²) in [5.74, 6) is 0.520. The average molecular weight is 266 g/mol. The van der Waals surface area contributed by atoms with Gasteiger partial charge in [-0.15, -0.1) is 0 Å². The molecule has 1 N–H and O–H groups in total. The van der Waals surface area contributed by atoms with Crippen LogP contribution in [0.4, 0.5) is 0 Å². The monoisotopic (exact) mass is 265 g/mol. The number of hydrogen-bond acceptors (Lipinski definition) is 3. The lowest BCUT2D eigenvalue weighted by molar-refractivity contribution is 0.172. The SMILES string of the molecule is Cc1nc(-c2cccc(Cl)c2)n(O)c1CN(C)C. The minimum absolute atomic E-state index is 0.520. The first-order valence-corrected chi connectivity index (χ1v) is 6.05. The molecule has 4 nitrogen and oxygen atoms in total. The molecular weight excluding hydrogens is 250 g/mol. The number of aromatic nitrogens is 2. The van der Waals surface area contributed by atoms with E-state index in [1.54, 1.807) is 12.1 Å². The highest BCUT2D eigenvalue weighted by Crippen LogP contribution is 2.24. The van der Waals surface area contributed by atoms with Crippen LogP contribution in [0.3, 0.4) is 0 Å². The molecular formula is C13H16ClN3O. The van der Waals surface area contributed by atoms with Crippen molar-refractivity contribution in [1.29, 1.82) is 0 Å². The van der Waals surface area contributed by atoms with E-state index in [9.17, 15) is 5.21 Å². The molecule has 0 radical (unpaired) electrons. The lowest BCUT2D eigenvalue weighted by Gasteiger charge is -2.10. The summed E-state index contributed by atoms with van der Waals surface area (Å²) < 4.78 is 1.14. The second-order valence-corrected chi connectivity index (χ2v) is 4.96. The molecule has 1 aromatic heterocycles. The summed E-state index contributed by atoms with van der Waals surface area (Å²) in [4.78, 5) is 6.39. The van der Waals surface area contributed by atoms with Crippen LogP contribution in [0, 0.1) is 6.92 Å². The van der Waals surface area contributed by atoms with Crippen molar-refractivity contribution >= 4 is 11.6 Å². The van der Waals surface area contributed by atoms with Crippen molar-refractivity contribution in [3.05, 3.63) is 40.7 Å². The summed E-state index contributed by atoms with van der Waals surface area (Å²) in [6.45, 7) is 2.52. The van der Waals surface area contributed by atoms with Gasteiger partial charge in [-0.3, -0.25) is 0 Å². The molecule has 18 heavy (non-hydrogen) atoms. The van der Waals surface area contributed by atoms with Gasteiger partial charge in [-0.25, -0.2) is 4.98 Å². The van der Waals surface area contributed by atoms with E-state index in [0.29, 0.717) is 17.4 Å². The van der Waals surface area contributed by atoms with Crippen molar-refractivity contribution in [2.45, 2.75) is 13.5 Å². The highest BCUT2D eigenvalue weighted by molar-refractivity contribution is 6.30. The predicted octanol–water partition coefficient (Wildman–Crippen LogP) is 2.81. The van der Waals surface area contributed by atoms with Gasteiger partial charge in [0.2, 0.25) is 0 Å². The Morgan fingerprint density at radius 3 is 2.72 bits per heavy atom. The largest absolute Gasteiger partial charge is 0.427 e. The Kier molecular flexibility index (Phi) is 3.59. The molecule has 0 fully saturated rings. The maximum Gasteiger partial charge on any atom is 0.175 e.